The molecule has 12 amide bonds. The number of fused-ring (bicyclic) bond motifs is 1. The lowest BCUT2D eigenvalue weighted by Gasteiger charge is -2.31. The van der Waals surface area contributed by atoms with E-state index in [1.54, 1.807) is 127 Å². The third kappa shape index (κ3) is 29.4. The summed E-state index contributed by atoms with van der Waals surface area (Å²) in [7, 11) is -0.669. The standard InChI is InChI=1S/C90H120N22O16S/c1-12-54(7)77(105-75(114)28-19-37-95-80(115)58-29-31-59(32-30-58)109-110-60-33-35-64(36-34-60)111(10)11)88(123)104-72(45-63-48-93-51-99-63)90(125)112-40-20-26-73(112)85(120)102-69(42-57-21-15-14-16-22-57)81(116)101-70(43-61-46-91-49-97-61)82(117)100-68(41-52(3)4)83(118)106-76(53(5)6)87(122)107-78(55(8)13-2)89(124)103-71(44-62-47-92-50-98-62)84(119)108-79(56(9)113)86(121)96-39-38-94-67-25-17-24-66-65(67)23-18-27-74(66)129(126,127)128/h14-18,21-25,27,29-36,46-56,68-73,76-79,94,113H,12-13,19-20,26,28,37-45H2,1-11H3,(H,91,97)(H,92,98)(H,93,99)(H,95,115)(H,96,121)(H,100,117)(H,101,116)(H,102,120)(H,103,124)(H,104,123)(H,105,114)(H,106,118)(H,107,122)(H,108,119)(H,126,127,128)/t54-,55-,56?,68-,69-,70+,71-,72-,73-,76-,77-,78-,79-/m0/s1. The normalized spacial score (nSPS) is 15.5. The van der Waals surface area contributed by atoms with E-state index in [0.29, 0.717) is 69.9 Å². The van der Waals surface area contributed by atoms with Gasteiger partial charge in [-0.1, -0.05) is 123 Å². The average Bonchev–Trinajstić information content (AvgIpc) is 1.40. The highest BCUT2D eigenvalue weighted by Gasteiger charge is 2.43. The number of carbonyl (C=O) groups is 12. The van der Waals surface area contributed by atoms with Crippen LogP contribution in [0.25, 0.3) is 10.8 Å². The number of aliphatic hydroxyl groups is 1. The first-order chi connectivity index (χ1) is 61.6. The maximum absolute atomic E-state index is 15.2. The highest BCUT2D eigenvalue weighted by Crippen LogP contribution is 2.30. The fourth-order valence-corrected chi connectivity index (χ4v) is 15.4. The highest BCUT2D eigenvalue weighted by atomic mass is 32.2. The zero-order chi connectivity index (χ0) is 93.6. The SMILES string of the molecule is CC[C@H](C)[C@H](NC(=O)CCCNC(=O)c1ccc(N=Nc2ccc(N(C)C)cc2)cc1)C(=O)N[C@@H](Cc1c[nH]cn1)C(=O)N1CCC[C@H]1C(=O)N[C@@H](Cc1ccccc1)C(=O)N[C@H](Cc1c[nH]cn1)C(=O)N[C@@H](CC(C)C)C(=O)N[C@H](C(=O)N[C@H](C(=O)N[C@@H](Cc1c[nH]cn1)C(=O)N[C@H](C(=O)NCCNc1cccc2c(S(=O)(=O)O)cccc12)C(C)O)[C@@H](C)CC)C(C)C. The molecule has 0 saturated carbocycles. The fraction of sp³-hybridized carbons (Fsp3) is 0.456. The maximum Gasteiger partial charge on any atom is 0.295 e. The van der Waals surface area contributed by atoms with Gasteiger partial charge in [-0.15, -0.1) is 0 Å². The van der Waals surface area contributed by atoms with E-state index in [0.717, 1.165) is 5.69 Å². The van der Waals surface area contributed by atoms with Crippen LogP contribution in [0.5, 0.6) is 0 Å². The van der Waals surface area contributed by atoms with Crippen LogP contribution in [0.1, 0.15) is 140 Å². The summed E-state index contributed by atoms with van der Waals surface area (Å²) in [5.41, 5.74) is 4.72. The Kier molecular flexibility index (Phi) is 37.0. The lowest BCUT2D eigenvalue weighted by molar-refractivity contribution is -0.142. The molecule has 38 nitrogen and oxygen atoms in total. The van der Waals surface area contributed by atoms with Crippen molar-refractivity contribution in [2.45, 2.75) is 204 Å². The number of imidazole rings is 3. The van der Waals surface area contributed by atoms with E-state index in [-0.39, 0.29) is 99.7 Å². The predicted molar refractivity (Wildman–Crippen MR) is 482 cm³/mol. The summed E-state index contributed by atoms with van der Waals surface area (Å²) in [6, 6.07) is 18.4. The van der Waals surface area contributed by atoms with Gasteiger partial charge in [0.2, 0.25) is 65.0 Å². The molecule has 17 N–H and O–H groups in total. The first kappa shape index (κ1) is 99.5. The second-order valence-corrected chi connectivity index (χ2v) is 34.6. The monoisotopic (exact) mass is 1800 g/mol. The number of aromatic nitrogens is 6. The molecule has 13 atom stereocenters. The molecule has 129 heavy (non-hydrogen) atoms. The van der Waals surface area contributed by atoms with Gasteiger partial charge in [-0.2, -0.15) is 18.6 Å². The van der Waals surface area contributed by atoms with Gasteiger partial charge < -0.3 is 93.7 Å². The number of amides is 12. The van der Waals surface area contributed by atoms with Crippen LogP contribution >= 0.6 is 0 Å². The van der Waals surface area contributed by atoms with Crippen molar-refractivity contribution in [3.05, 3.63) is 181 Å². The van der Waals surface area contributed by atoms with Crippen LogP contribution in [-0.4, -0.2) is 231 Å². The van der Waals surface area contributed by atoms with Crippen LogP contribution in [0.4, 0.5) is 22.7 Å². The van der Waals surface area contributed by atoms with Gasteiger partial charge in [-0.05, 0) is 123 Å². The van der Waals surface area contributed by atoms with Gasteiger partial charge >= 0.3 is 0 Å². The molecule has 0 aliphatic carbocycles. The number of H-pyrrole nitrogens is 3. The summed E-state index contributed by atoms with van der Waals surface area (Å²) in [6.45, 7) is 15.5. The number of rotatable bonds is 48. The number of hydrogen-bond acceptors (Lipinski definition) is 22. The number of carbonyl (C=O) groups excluding carboxylic acids is 12. The Labute approximate surface area is 749 Å². The van der Waals surface area contributed by atoms with E-state index >= 15 is 19.2 Å². The van der Waals surface area contributed by atoms with Crippen molar-refractivity contribution in [3.63, 3.8) is 0 Å². The lowest BCUT2D eigenvalue weighted by atomic mass is 9.95. The average molecular weight is 1800 g/mol. The Morgan fingerprint density at radius 3 is 1.55 bits per heavy atom. The summed E-state index contributed by atoms with van der Waals surface area (Å²) in [4.78, 5) is 199. The van der Waals surface area contributed by atoms with Crippen LogP contribution in [0, 0.1) is 23.7 Å². The minimum atomic E-state index is -4.55. The molecule has 0 bridgehead atoms. The van der Waals surface area contributed by atoms with Gasteiger partial charge in [0.05, 0.1) is 53.5 Å². The molecule has 8 aromatic rings. The Bertz CT molecular complexity index is 5230. The molecule has 1 fully saturated rings. The van der Waals surface area contributed by atoms with Gasteiger partial charge in [0.15, 0.2) is 0 Å². The Morgan fingerprint density at radius 2 is 1.01 bits per heavy atom. The zero-order valence-corrected chi connectivity index (χ0v) is 75.2. The number of hydrogen-bond donors (Lipinski definition) is 17. The first-order valence-electron chi connectivity index (χ1n) is 43.4. The van der Waals surface area contributed by atoms with Crippen molar-refractivity contribution in [2.75, 3.05) is 50.5 Å². The number of nitrogens with one attached hydrogen (secondary N) is 15. The van der Waals surface area contributed by atoms with Gasteiger partial charge in [0.25, 0.3) is 16.0 Å². The third-order valence-electron chi connectivity index (χ3n) is 22.3. The van der Waals surface area contributed by atoms with E-state index < -0.39 is 159 Å². The van der Waals surface area contributed by atoms with Gasteiger partial charge in [0, 0.05) is 119 Å². The molecule has 5 aromatic carbocycles. The molecular formula is C90H120N22O16S. The van der Waals surface area contributed by atoms with Crippen molar-refractivity contribution in [2.24, 2.45) is 33.9 Å². The van der Waals surface area contributed by atoms with Crippen molar-refractivity contribution >= 4 is 115 Å². The van der Waals surface area contributed by atoms with Crippen LogP contribution in [0.3, 0.4) is 0 Å². The van der Waals surface area contributed by atoms with Crippen LogP contribution in [-0.2, 0) is 88.5 Å². The number of azo groups is 1. The van der Waals surface area contributed by atoms with E-state index in [4.69, 9.17) is 0 Å². The molecule has 0 spiro atoms. The predicted octanol–water partition coefficient (Wildman–Crippen LogP) is 4.98. The second kappa shape index (κ2) is 48.0. The van der Waals surface area contributed by atoms with Crippen molar-refractivity contribution in [1.29, 1.82) is 0 Å². The molecule has 3 aromatic heterocycles. The number of likely N-dealkylation sites (tertiary alicyclic amines) is 1. The largest absolute Gasteiger partial charge is 0.391 e. The number of anilines is 2. The highest BCUT2D eigenvalue weighted by molar-refractivity contribution is 7.86. The Morgan fingerprint density at radius 1 is 0.512 bits per heavy atom. The van der Waals surface area contributed by atoms with Crippen LogP contribution in [0.2, 0.25) is 0 Å². The maximum atomic E-state index is 15.2. The Hall–Kier alpha value is -13.3. The summed E-state index contributed by atoms with van der Waals surface area (Å²) < 4.78 is 34.0. The van der Waals surface area contributed by atoms with Crippen molar-refractivity contribution < 1.29 is 75.6 Å². The molecule has 9 rings (SSSR count). The molecule has 39 heteroatoms. The molecule has 1 saturated heterocycles. The Balaban J connectivity index is 0.836. The second-order valence-electron chi connectivity index (χ2n) is 33.2. The minimum absolute atomic E-state index is 0.00693. The van der Waals surface area contributed by atoms with Crippen molar-refractivity contribution in [3.8, 4) is 0 Å². The lowest BCUT2D eigenvalue weighted by Crippen LogP contribution is -2.62. The number of aromatic amines is 3. The molecule has 692 valence electrons. The summed E-state index contributed by atoms with van der Waals surface area (Å²) >= 11 is 0. The molecule has 4 heterocycles. The fourth-order valence-electron chi connectivity index (χ4n) is 14.7. The minimum Gasteiger partial charge on any atom is -0.391 e. The topological polar surface area (TPSA) is 541 Å². The van der Waals surface area contributed by atoms with Crippen molar-refractivity contribution in [1.82, 2.24) is 93.3 Å². The van der Waals surface area contributed by atoms with E-state index in [1.807, 2.05) is 50.2 Å². The zero-order valence-electron chi connectivity index (χ0n) is 74.3. The smallest absolute Gasteiger partial charge is 0.295 e. The summed E-state index contributed by atoms with van der Waals surface area (Å²) in [5.74, 6) is -10.7. The van der Waals surface area contributed by atoms with E-state index in [9.17, 15) is 56.4 Å². The van der Waals surface area contributed by atoms with Gasteiger partial charge in [-0.3, -0.25) is 62.1 Å². The molecular weight excluding hydrogens is 1680 g/mol. The van der Waals surface area contributed by atoms with Crippen LogP contribution in [0.15, 0.2) is 168 Å². The van der Waals surface area contributed by atoms with Gasteiger partial charge in [0.1, 0.15) is 65.3 Å². The molecule has 1 aliphatic rings. The number of benzene rings is 5. The quantitative estimate of drug-likeness (QED) is 0.0136. The summed E-state index contributed by atoms with van der Waals surface area (Å²) in [6.07, 6.45) is 7.94. The molecule has 1 unspecified atom stereocenters. The summed E-state index contributed by atoms with van der Waals surface area (Å²) in [5, 5.41) is 53.9. The van der Waals surface area contributed by atoms with Crippen LogP contribution < -0.4 is 68.7 Å². The molecule has 1 aliphatic heterocycles. The molecule has 0 radical (unpaired) electrons. The van der Waals surface area contributed by atoms with Gasteiger partial charge in [-0.25, -0.2) is 15.0 Å². The third-order valence-corrected chi connectivity index (χ3v) is 23.2. The number of aliphatic hydroxyl groups excluding tert-OH is 1. The van der Waals surface area contributed by atoms with E-state index in [2.05, 4.69) is 104 Å². The first-order valence-corrected chi connectivity index (χ1v) is 44.8. The van der Waals surface area contributed by atoms with E-state index in [1.165, 1.54) is 61.4 Å². The number of nitrogens with zero attached hydrogens (tertiary/aromatic N) is 7.